The van der Waals surface area contributed by atoms with Crippen LogP contribution >= 0.6 is 0 Å². The largest absolute Gasteiger partial charge is 0.309 e. The van der Waals surface area contributed by atoms with Crippen LogP contribution in [0.2, 0.25) is 0 Å². The molecule has 1 aliphatic rings. The summed E-state index contributed by atoms with van der Waals surface area (Å²) >= 11 is 0. The van der Waals surface area contributed by atoms with E-state index in [9.17, 15) is 14.9 Å². The Morgan fingerprint density at radius 1 is 1.39 bits per heavy atom. The van der Waals surface area contributed by atoms with E-state index in [1.807, 2.05) is 0 Å². The summed E-state index contributed by atoms with van der Waals surface area (Å²) in [5.41, 5.74) is 0.813. The summed E-state index contributed by atoms with van der Waals surface area (Å²) in [6.07, 6.45) is 3.40. The van der Waals surface area contributed by atoms with Crippen LogP contribution in [0.1, 0.15) is 32.6 Å². The molecule has 18 heavy (non-hydrogen) atoms. The number of carbonyl (C=O) groups excluding carboxylic acids is 1. The molecule has 1 saturated heterocycles. The molecule has 0 saturated carbocycles. The summed E-state index contributed by atoms with van der Waals surface area (Å²) in [7, 11) is 0. The molecule has 0 bridgehead atoms. The molecule has 0 aliphatic carbocycles. The zero-order chi connectivity index (χ0) is 13.1. The molecule has 1 heterocycles. The number of rotatable bonds is 3. The first kappa shape index (κ1) is 12.5. The average Bonchev–Trinajstić information content (AvgIpc) is 2.38. The zero-order valence-electron chi connectivity index (χ0n) is 10.3. The van der Waals surface area contributed by atoms with Crippen molar-refractivity contribution in [2.24, 2.45) is 0 Å². The first-order chi connectivity index (χ1) is 8.63. The summed E-state index contributed by atoms with van der Waals surface area (Å²) in [5, 5.41) is 10.6. The topological polar surface area (TPSA) is 63.5 Å². The number of amides is 1. The molecular formula is C13H16N2O3. The van der Waals surface area contributed by atoms with Crippen molar-refractivity contribution >= 4 is 17.3 Å². The predicted octanol–water partition coefficient (Wildman–Crippen LogP) is 2.89. The monoisotopic (exact) mass is 248 g/mol. The number of hydrogen-bond donors (Lipinski definition) is 0. The molecule has 0 aromatic heterocycles. The number of anilines is 1. The van der Waals surface area contributed by atoms with E-state index in [0.717, 1.165) is 24.9 Å². The van der Waals surface area contributed by atoms with E-state index in [4.69, 9.17) is 0 Å². The zero-order valence-corrected chi connectivity index (χ0v) is 10.3. The molecular weight excluding hydrogens is 232 g/mol. The van der Waals surface area contributed by atoms with Gasteiger partial charge in [-0.15, -0.1) is 0 Å². The van der Waals surface area contributed by atoms with Crippen LogP contribution in [-0.4, -0.2) is 16.9 Å². The fourth-order valence-electron chi connectivity index (χ4n) is 2.42. The third-order valence-corrected chi connectivity index (χ3v) is 3.37. The van der Waals surface area contributed by atoms with Crippen molar-refractivity contribution in [1.82, 2.24) is 0 Å². The lowest BCUT2D eigenvalue weighted by atomic mass is 9.98. The molecule has 96 valence electrons. The van der Waals surface area contributed by atoms with Gasteiger partial charge in [0.25, 0.3) is 5.69 Å². The van der Waals surface area contributed by atoms with E-state index in [1.54, 1.807) is 17.0 Å². The lowest BCUT2D eigenvalue weighted by Gasteiger charge is -2.35. The second kappa shape index (κ2) is 5.16. The van der Waals surface area contributed by atoms with Crippen molar-refractivity contribution < 1.29 is 9.72 Å². The summed E-state index contributed by atoms with van der Waals surface area (Å²) in [5.74, 6) is 0.113. The van der Waals surface area contributed by atoms with Crippen LogP contribution in [0.3, 0.4) is 0 Å². The highest BCUT2D eigenvalue weighted by Crippen LogP contribution is 2.28. The highest BCUT2D eigenvalue weighted by Gasteiger charge is 2.28. The van der Waals surface area contributed by atoms with Crippen LogP contribution < -0.4 is 4.90 Å². The Morgan fingerprint density at radius 2 is 2.06 bits per heavy atom. The van der Waals surface area contributed by atoms with Crippen LogP contribution in [-0.2, 0) is 4.79 Å². The highest BCUT2D eigenvalue weighted by molar-refractivity contribution is 5.94. The highest BCUT2D eigenvalue weighted by atomic mass is 16.6. The molecule has 5 nitrogen and oxygen atoms in total. The number of carbonyl (C=O) groups is 1. The van der Waals surface area contributed by atoms with Gasteiger partial charge < -0.3 is 4.90 Å². The van der Waals surface area contributed by atoms with Gasteiger partial charge in [-0.3, -0.25) is 14.9 Å². The van der Waals surface area contributed by atoms with E-state index >= 15 is 0 Å². The Hall–Kier alpha value is -1.91. The van der Waals surface area contributed by atoms with Gasteiger partial charge in [0.1, 0.15) is 0 Å². The predicted molar refractivity (Wildman–Crippen MR) is 68.5 cm³/mol. The van der Waals surface area contributed by atoms with E-state index in [2.05, 4.69) is 6.92 Å². The molecule has 1 aromatic carbocycles. The van der Waals surface area contributed by atoms with Gasteiger partial charge in [0.15, 0.2) is 0 Å². The lowest BCUT2D eigenvalue weighted by molar-refractivity contribution is -0.384. The number of benzene rings is 1. The Kier molecular flexibility index (Phi) is 3.60. The molecule has 0 N–H and O–H groups in total. The number of nitrogens with zero attached hydrogens (tertiary/aromatic N) is 2. The smallest absolute Gasteiger partial charge is 0.269 e. The normalized spacial score (nSPS) is 19.9. The van der Waals surface area contributed by atoms with Crippen molar-refractivity contribution in [3.63, 3.8) is 0 Å². The molecule has 2 rings (SSSR count). The van der Waals surface area contributed by atoms with Gasteiger partial charge in [0, 0.05) is 30.3 Å². The van der Waals surface area contributed by atoms with Crippen LogP contribution in [0, 0.1) is 10.1 Å². The van der Waals surface area contributed by atoms with Crippen molar-refractivity contribution in [1.29, 1.82) is 0 Å². The van der Waals surface area contributed by atoms with Gasteiger partial charge in [0.05, 0.1) is 4.92 Å². The number of nitro benzene ring substituents is 1. The standard InChI is InChI=1S/C13H16N2O3/c1-2-10-4-3-5-13(16)14(10)11-6-8-12(9-7-11)15(17)18/h6-10H,2-5H2,1H3. The number of piperidine rings is 1. The van der Waals surface area contributed by atoms with Gasteiger partial charge in [-0.1, -0.05) is 6.92 Å². The molecule has 0 spiro atoms. The van der Waals surface area contributed by atoms with E-state index in [1.165, 1.54) is 12.1 Å². The first-order valence-corrected chi connectivity index (χ1v) is 6.20. The van der Waals surface area contributed by atoms with E-state index < -0.39 is 4.92 Å². The van der Waals surface area contributed by atoms with Gasteiger partial charge in [0.2, 0.25) is 5.91 Å². The minimum atomic E-state index is -0.431. The van der Waals surface area contributed by atoms with Crippen LogP contribution in [0.25, 0.3) is 0 Å². The quantitative estimate of drug-likeness (QED) is 0.610. The first-order valence-electron chi connectivity index (χ1n) is 6.20. The maximum absolute atomic E-state index is 12.0. The van der Waals surface area contributed by atoms with Gasteiger partial charge in [-0.05, 0) is 31.4 Å². The Morgan fingerprint density at radius 3 is 2.61 bits per heavy atom. The fourth-order valence-corrected chi connectivity index (χ4v) is 2.42. The van der Waals surface area contributed by atoms with Gasteiger partial charge in [-0.25, -0.2) is 0 Å². The lowest BCUT2D eigenvalue weighted by Crippen LogP contribution is -2.43. The summed E-state index contributed by atoms with van der Waals surface area (Å²) < 4.78 is 0. The Labute approximate surface area is 106 Å². The van der Waals surface area contributed by atoms with Crippen molar-refractivity contribution in [3.05, 3.63) is 34.4 Å². The molecule has 1 aliphatic heterocycles. The van der Waals surface area contributed by atoms with Crippen molar-refractivity contribution in [2.75, 3.05) is 4.90 Å². The Bertz CT molecular complexity index is 456. The molecule has 1 fully saturated rings. The number of nitro groups is 1. The van der Waals surface area contributed by atoms with Crippen LogP contribution in [0.4, 0.5) is 11.4 Å². The summed E-state index contributed by atoms with van der Waals surface area (Å²) in [6, 6.07) is 6.43. The number of hydrogen-bond acceptors (Lipinski definition) is 3. The minimum Gasteiger partial charge on any atom is -0.309 e. The molecule has 1 atom stereocenters. The second-order valence-corrected chi connectivity index (χ2v) is 4.49. The third kappa shape index (κ3) is 2.34. The third-order valence-electron chi connectivity index (χ3n) is 3.37. The van der Waals surface area contributed by atoms with Gasteiger partial charge >= 0.3 is 0 Å². The Balaban J connectivity index is 2.27. The minimum absolute atomic E-state index is 0.0521. The average molecular weight is 248 g/mol. The number of non-ortho nitro benzene ring substituents is 1. The fraction of sp³-hybridized carbons (Fsp3) is 0.462. The van der Waals surface area contributed by atoms with Crippen LogP contribution in [0.5, 0.6) is 0 Å². The molecule has 1 aromatic rings. The van der Waals surface area contributed by atoms with E-state index in [-0.39, 0.29) is 17.6 Å². The van der Waals surface area contributed by atoms with Crippen LogP contribution in [0.15, 0.2) is 24.3 Å². The maximum Gasteiger partial charge on any atom is 0.269 e. The maximum atomic E-state index is 12.0. The summed E-state index contributed by atoms with van der Waals surface area (Å²) in [4.78, 5) is 23.9. The van der Waals surface area contributed by atoms with Crippen molar-refractivity contribution in [2.45, 2.75) is 38.6 Å². The molecule has 0 radical (unpaired) electrons. The molecule has 1 amide bonds. The van der Waals surface area contributed by atoms with Gasteiger partial charge in [-0.2, -0.15) is 0 Å². The summed E-state index contributed by atoms with van der Waals surface area (Å²) in [6.45, 7) is 2.06. The molecule has 5 heteroatoms. The van der Waals surface area contributed by atoms with Crippen molar-refractivity contribution in [3.8, 4) is 0 Å². The second-order valence-electron chi connectivity index (χ2n) is 4.49. The molecule has 1 unspecified atom stereocenters. The van der Waals surface area contributed by atoms with E-state index in [0.29, 0.717) is 6.42 Å². The SMILES string of the molecule is CCC1CCCC(=O)N1c1ccc([N+](=O)[O-])cc1.